The van der Waals surface area contributed by atoms with Gasteiger partial charge in [-0.3, -0.25) is 0 Å². The molecule has 2 N–H and O–H groups in total. The van der Waals surface area contributed by atoms with E-state index in [9.17, 15) is 0 Å². The van der Waals surface area contributed by atoms with E-state index in [1.807, 2.05) is 0 Å². The molecule has 1 aliphatic rings. The molecular weight excluding hydrogens is 74.1 g/mol. The van der Waals surface area contributed by atoms with Crippen LogP contribution in [0.5, 0.6) is 0 Å². The standard InChI is InChI=1S/C5H11N/c1-3-4(2)5(3)6/h3-5H,6H2,1-2H3/t3-,4?,5?/m0/s1. The van der Waals surface area contributed by atoms with E-state index in [1.54, 1.807) is 0 Å². The molecular formula is C5H11N. The van der Waals surface area contributed by atoms with Gasteiger partial charge in [0.05, 0.1) is 0 Å². The lowest BCUT2D eigenvalue weighted by Gasteiger charge is -1.69. The van der Waals surface area contributed by atoms with E-state index >= 15 is 0 Å². The van der Waals surface area contributed by atoms with Gasteiger partial charge in [0.2, 0.25) is 0 Å². The van der Waals surface area contributed by atoms with Gasteiger partial charge in [0.25, 0.3) is 0 Å². The van der Waals surface area contributed by atoms with Crippen LogP contribution in [0.3, 0.4) is 0 Å². The van der Waals surface area contributed by atoms with Gasteiger partial charge in [-0.05, 0) is 11.8 Å². The van der Waals surface area contributed by atoms with E-state index in [0.717, 1.165) is 11.8 Å². The van der Waals surface area contributed by atoms with E-state index in [2.05, 4.69) is 13.8 Å². The van der Waals surface area contributed by atoms with E-state index in [4.69, 9.17) is 5.73 Å². The Morgan fingerprint density at radius 2 is 1.33 bits per heavy atom. The summed E-state index contributed by atoms with van der Waals surface area (Å²) in [4.78, 5) is 0. The zero-order valence-electron chi connectivity index (χ0n) is 4.31. The number of hydrogen-bond donors (Lipinski definition) is 1. The molecule has 1 fully saturated rings. The zero-order valence-corrected chi connectivity index (χ0v) is 4.31. The highest BCUT2D eigenvalue weighted by atomic mass is 14.8. The Morgan fingerprint density at radius 3 is 1.33 bits per heavy atom. The van der Waals surface area contributed by atoms with Crippen LogP contribution in [0.25, 0.3) is 0 Å². The highest BCUT2D eigenvalue weighted by Crippen LogP contribution is 2.34. The summed E-state index contributed by atoms with van der Waals surface area (Å²) in [6.07, 6.45) is 0. The molecule has 1 nitrogen and oxygen atoms in total. The molecule has 0 saturated heterocycles. The van der Waals surface area contributed by atoms with Crippen LogP contribution in [0.1, 0.15) is 13.8 Å². The lowest BCUT2D eigenvalue weighted by molar-refractivity contribution is 0.834. The maximum Gasteiger partial charge on any atom is 0.00966 e. The molecule has 0 spiro atoms. The van der Waals surface area contributed by atoms with Gasteiger partial charge in [-0.1, -0.05) is 13.8 Å². The largest absolute Gasteiger partial charge is 0.327 e. The van der Waals surface area contributed by atoms with Crippen molar-refractivity contribution >= 4 is 0 Å². The summed E-state index contributed by atoms with van der Waals surface area (Å²) in [6, 6.07) is 0.519. The van der Waals surface area contributed by atoms with Crippen LogP contribution < -0.4 is 5.73 Å². The minimum absolute atomic E-state index is 0.519. The molecule has 1 saturated carbocycles. The normalized spacial score (nSPS) is 55.5. The molecule has 0 amide bonds. The van der Waals surface area contributed by atoms with Gasteiger partial charge < -0.3 is 5.73 Å². The van der Waals surface area contributed by atoms with E-state index in [-0.39, 0.29) is 0 Å². The predicted octanol–water partition coefficient (Wildman–Crippen LogP) is 0.600. The summed E-state index contributed by atoms with van der Waals surface area (Å²) >= 11 is 0. The van der Waals surface area contributed by atoms with Gasteiger partial charge in [0.15, 0.2) is 0 Å². The summed E-state index contributed by atoms with van der Waals surface area (Å²) in [5.74, 6) is 1.59. The highest BCUT2D eigenvalue weighted by Gasteiger charge is 2.38. The average molecular weight is 85.1 g/mol. The molecule has 0 aromatic rings. The fourth-order valence-corrected chi connectivity index (χ4v) is 0.701. The van der Waals surface area contributed by atoms with E-state index < -0.39 is 0 Å². The van der Waals surface area contributed by atoms with Crippen molar-refractivity contribution in [1.29, 1.82) is 0 Å². The molecule has 0 aliphatic heterocycles. The molecule has 0 heterocycles. The van der Waals surface area contributed by atoms with Gasteiger partial charge in [-0.2, -0.15) is 0 Å². The van der Waals surface area contributed by atoms with Crippen LogP contribution in [-0.2, 0) is 0 Å². The molecule has 1 aliphatic carbocycles. The Bertz CT molecular complexity index is 40.7. The molecule has 0 radical (unpaired) electrons. The Hall–Kier alpha value is -0.0400. The first kappa shape index (κ1) is 4.13. The first-order valence-corrected chi connectivity index (χ1v) is 2.49. The lowest BCUT2D eigenvalue weighted by atomic mass is 10.4. The number of rotatable bonds is 0. The van der Waals surface area contributed by atoms with Crippen LogP contribution in [0.15, 0.2) is 0 Å². The summed E-state index contributed by atoms with van der Waals surface area (Å²) in [7, 11) is 0. The van der Waals surface area contributed by atoms with Gasteiger partial charge in [0.1, 0.15) is 0 Å². The van der Waals surface area contributed by atoms with Crippen LogP contribution in [0.2, 0.25) is 0 Å². The quantitative estimate of drug-likeness (QED) is 0.458. The van der Waals surface area contributed by atoms with Gasteiger partial charge in [-0.25, -0.2) is 0 Å². The first-order chi connectivity index (χ1) is 2.73. The second-order valence-corrected chi connectivity index (χ2v) is 2.30. The number of hydrogen-bond acceptors (Lipinski definition) is 1. The van der Waals surface area contributed by atoms with Crippen molar-refractivity contribution in [3.05, 3.63) is 0 Å². The third-order valence-corrected chi connectivity index (χ3v) is 1.90. The summed E-state index contributed by atoms with van der Waals surface area (Å²) < 4.78 is 0. The predicted molar refractivity (Wildman–Crippen MR) is 26.3 cm³/mol. The third kappa shape index (κ3) is 0.350. The van der Waals surface area contributed by atoms with Crippen molar-refractivity contribution in [2.24, 2.45) is 17.6 Å². The minimum Gasteiger partial charge on any atom is -0.327 e. The monoisotopic (exact) mass is 85.1 g/mol. The molecule has 1 rings (SSSR count). The van der Waals surface area contributed by atoms with Crippen LogP contribution in [0, 0.1) is 11.8 Å². The molecule has 36 valence electrons. The number of nitrogens with two attached hydrogens (primary N) is 1. The van der Waals surface area contributed by atoms with Crippen LogP contribution in [-0.4, -0.2) is 6.04 Å². The smallest absolute Gasteiger partial charge is 0.00966 e. The Labute approximate surface area is 38.5 Å². The lowest BCUT2D eigenvalue weighted by Crippen LogP contribution is -2.01. The second-order valence-electron chi connectivity index (χ2n) is 2.30. The average Bonchev–Trinajstić information content (AvgIpc) is 1.94. The van der Waals surface area contributed by atoms with Gasteiger partial charge in [0, 0.05) is 6.04 Å². The maximum atomic E-state index is 5.51. The Morgan fingerprint density at radius 1 is 1.17 bits per heavy atom. The minimum atomic E-state index is 0.519. The van der Waals surface area contributed by atoms with E-state index in [0.29, 0.717) is 6.04 Å². The molecule has 6 heavy (non-hydrogen) atoms. The molecule has 3 atom stereocenters. The van der Waals surface area contributed by atoms with Crippen molar-refractivity contribution in [2.45, 2.75) is 19.9 Å². The van der Waals surface area contributed by atoms with Crippen molar-refractivity contribution in [2.75, 3.05) is 0 Å². The molecule has 0 bridgehead atoms. The third-order valence-electron chi connectivity index (χ3n) is 1.90. The Balaban J connectivity index is 2.31. The van der Waals surface area contributed by atoms with Crippen molar-refractivity contribution in [3.8, 4) is 0 Å². The van der Waals surface area contributed by atoms with Crippen LogP contribution in [0.4, 0.5) is 0 Å². The van der Waals surface area contributed by atoms with Crippen molar-refractivity contribution < 1.29 is 0 Å². The van der Waals surface area contributed by atoms with Gasteiger partial charge >= 0.3 is 0 Å². The van der Waals surface area contributed by atoms with Crippen molar-refractivity contribution in [3.63, 3.8) is 0 Å². The molecule has 0 aromatic carbocycles. The topological polar surface area (TPSA) is 26.0 Å². The Kier molecular flexibility index (Phi) is 0.667. The fraction of sp³-hybridized carbons (Fsp3) is 1.00. The summed E-state index contributed by atoms with van der Waals surface area (Å²) in [6.45, 7) is 4.38. The van der Waals surface area contributed by atoms with Crippen LogP contribution >= 0.6 is 0 Å². The zero-order chi connectivity index (χ0) is 4.73. The molecule has 0 aromatic heterocycles. The fourth-order valence-electron chi connectivity index (χ4n) is 0.701. The van der Waals surface area contributed by atoms with E-state index in [1.165, 1.54) is 0 Å². The highest BCUT2D eigenvalue weighted by molar-refractivity contribution is 4.94. The summed E-state index contributed by atoms with van der Waals surface area (Å²) in [5.41, 5.74) is 5.51. The molecule has 1 heteroatoms. The van der Waals surface area contributed by atoms with Crippen molar-refractivity contribution in [1.82, 2.24) is 0 Å². The summed E-state index contributed by atoms with van der Waals surface area (Å²) in [5, 5.41) is 0. The van der Waals surface area contributed by atoms with Gasteiger partial charge in [-0.15, -0.1) is 0 Å². The maximum absolute atomic E-state index is 5.51. The second kappa shape index (κ2) is 0.969. The molecule has 2 unspecified atom stereocenters. The SMILES string of the molecule is CC1C(N)[C@H]1C. The first-order valence-electron chi connectivity index (χ1n) is 2.49.